The maximum atomic E-state index is 13.6. The van der Waals surface area contributed by atoms with Gasteiger partial charge in [0.1, 0.15) is 18.2 Å². The van der Waals surface area contributed by atoms with E-state index in [2.05, 4.69) is 4.98 Å². The quantitative estimate of drug-likeness (QED) is 0.196. The molecule has 1 saturated carbocycles. The van der Waals surface area contributed by atoms with Crippen molar-refractivity contribution in [2.24, 2.45) is 0 Å². The fourth-order valence-corrected chi connectivity index (χ4v) is 5.31. The highest BCUT2D eigenvalue weighted by Crippen LogP contribution is 2.38. The first-order valence-corrected chi connectivity index (χ1v) is 13.9. The number of benzene rings is 3. The van der Waals surface area contributed by atoms with Crippen LogP contribution in [0.5, 0.6) is 5.75 Å². The minimum Gasteiger partial charge on any atom is -0.487 e. The summed E-state index contributed by atoms with van der Waals surface area (Å²) in [6.45, 7) is 1.82. The van der Waals surface area contributed by atoms with E-state index in [1.165, 1.54) is 6.07 Å². The number of pyridine rings is 1. The third-order valence-corrected chi connectivity index (χ3v) is 7.75. The van der Waals surface area contributed by atoms with Crippen LogP contribution in [0.25, 0.3) is 32.8 Å². The number of hydrogen-bond donors (Lipinski definition) is 1. The van der Waals surface area contributed by atoms with Gasteiger partial charge < -0.3 is 15.2 Å². The van der Waals surface area contributed by atoms with Crippen molar-refractivity contribution in [2.75, 3.05) is 12.3 Å². The van der Waals surface area contributed by atoms with Gasteiger partial charge in [-0.05, 0) is 79.1 Å². The minimum absolute atomic E-state index is 0.0129. The predicted molar refractivity (Wildman–Crippen MR) is 154 cm³/mol. The van der Waals surface area contributed by atoms with Crippen LogP contribution in [0.3, 0.4) is 0 Å². The van der Waals surface area contributed by atoms with E-state index < -0.39 is 17.7 Å². The molecule has 0 bridgehead atoms. The average Bonchev–Trinajstić information content (AvgIpc) is 3.28. The van der Waals surface area contributed by atoms with Crippen LogP contribution in [0.1, 0.15) is 49.0 Å². The topological polar surface area (TPSA) is 92.3 Å². The van der Waals surface area contributed by atoms with Crippen molar-refractivity contribution in [3.63, 3.8) is 0 Å². The van der Waals surface area contributed by atoms with Crippen molar-refractivity contribution < 1.29 is 27.4 Å². The molecule has 7 nitrogen and oxygen atoms in total. The van der Waals surface area contributed by atoms with E-state index in [1.54, 1.807) is 13.1 Å². The number of nitrogens with two attached hydrogens (primary N) is 1. The molecular weight excluding hydrogens is 545 g/mol. The van der Waals surface area contributed by atoms with Gasteiger partial charge in [-0.2, -0.15) is 18.3 Å². The normalized spacial score (nSPS) is 13.8. The number of ether oxygens (including phenoxy) is 2. The first kappa shape index (κ1) is 27.6. The van der Waals surface area contributed by atoms with E-state index in [0.29, 0.717) is 11.4 Å². The Morgan fingerprint density at radius 2 is 1.79 bits per heavy atom. The number of esters is 1. The van der Waals surface area contributed by atoms with Gasteiger partial charge in [0.15, 0.2) is 0 Å². The predicted octanol–water partition coefficient (Wildman–Crippen LogP) is 7.26. The number of aromatic nitrogens is 3. The zero-order valence-electron chi connectivity index (χ0n) is 22.9. The van der Waals surface area contributed by atoms with Crippen LogP contribution in [0.15, 0.2) is 66.9 Å². The number of nitrogens with zero attached hydrogens (tertiary/aromatic N) is 3. The molecule has 5 aromatic rings. The molecule has 2 aromatic heterocycles. The summed E-state index contributed by atoms with van der Waals surface area (Å²) in [5.74, 6) is -0.106. The fourth-order valence-electron chi connectivity index (χ4n) is 5.31. The number of fused-ring (bicyclic) bond motifs is 2. The molecule has 0 atom stereocenters. The Hall–Kier alpha value is -4.60. The second-order valence-corrected chi connectivity index (χ2v) is 10.4. The van der Waals surface area contributed by atoms with E-state index in [1.807, 2.05) is 47.1 Å². The van der Waals surface area contributed by atoms with Crippen molar-refractivity contribution in [1.82, 2.24) is 14.8 Å². The Morgan fingerprint density at radius 3 is 2.50 bits per heavy atom. The standard InChI is InChI=1S/C32H29F3N4O3/c1-2-41-30(40)16-22-8-10-23(32(33,34)35)17-29(22)42-18-28-26-15-21(9-11-27(26)38-39(28)24-4-3-5-24)20-7-6-19-12-13-37-31(36)25(19)14-20/h6-15,17,24H,2-5,16,18H2,1H3,(H2,36,37). The van der Waals surface area contributed by atoms with Crippen LogP contribution in [-0.4, -0.2) is 27.3 Å². The summed E-state index contributed by atoms with van der Waals surface area (Å²) in [5, 5.41) is 7.53. The number of halogens is 3. The van der Waals surface area contributed by atoms with E-state index in [4.69, 9.17) is 20.3 Å². The van der Waals surface area contributed by atoms with Crippen LogP contribution in [0.4, 0.5) is 19.0 Å². The van der Waals surface area contributed by atoms with Crippen LogP contribution >= 0.6 is 0 Å². The van der Waals surface area contributed by atoms with Crippen LogP contribution in [0.2, 0.25) is 0 Å². The molecule has 2 heterocycles. The Morgan fingerprint density at radius 1 is 1.02 bits per heavy atom. The molecule has 0 amide bonds. The lowest BCUT2D eigenvalue weighted by Gasteiger charge is -2.27. The first-order chi connectivity index (χ1) is 20.2. The van der Waals surface area contributed by atoms with Gasteiger partial charge in [0.2, 0.25) is 0 Å². The van der Waals surface area contributed by atoms with Crippen molar-refractivity contribution in [2.45, 2.75) is 51.4 Å². The second kappa shape index (κ2) is 11.0. The Bertz CT molecular complexity index is 1790. The molecule has 3 aromatic carbocycles. The van der Waals surface area contributed by atoms with Crippen molar-refractivity contribution in [1.29, 1.82) is 0 Å². The van der Waals surface area contributed by atoms with Crippen molar-refractivity contribution >= 4 is 33.5 Å². The highest BCUT2D eigenvalue weighted by molar-refractivity contribution is 5.95. The number of nitrogen functional groups attached to an aromatic ring is 1. The molecular formula is C32H29F3N4O3. The molecule has 1 aliphatic carbocycles. The lowest BCUT2D eigenvalue weighted by Crippen LogP contribution is -2.21. The number of hydrogen-bond acceptors (Lipinski definition) is 6. The molecule has 42 heavy (non-hydrogen) atoms. The van der Waals surface area contributed by atoms with E-state index in [0.717, 1.165) is 69.9 Å². The molecule has 0 unspecified atom stereocenters. The minimum atomic E-state index is -4.56. The average molecular weight is 575 g/mol. The zero-order valence-corrected chi connectivity index (χ0v) is 22.9. The van der Waals surface area contributed by atoms with Gasteiger partial charge in [-0.15, -0.1) is 0 Å². The maximum absolute atomic E-state index is 13.6. The number of rotatable bonds is 8. The summed E-state index contributed by atoms with van der Waals surface area (Å²) in [6, 6.07) is 17.2. The smallest absolute Gasteiger partial charge is 0.416 e. The van der Waals surface area contributed by atoms with Gasteiger partial charge in [0.25, 0.3) is 0 Å². The molecule has 0 spiro atoms. The van der Waals surface area contributed by atoms with Gasteiger partial charge in [0, 0.05) is 22.5 Å². The Labute approximate surface area is 240 Å². The number of alkyl halides is 3. The maximum Gasteiger partial charge on any atom is 0.416 e. The molecule has 0 saturated heterocycles. The third-order valence-electron chi connectivity index (χ3n) is 7.75. The number of carbonyl (C=O) groups is 1. The lowest BCUT2D eigenvalue weighted by atomic mass is 9.93. The van der Waals surface area contributed by atoms with Crippen LogP contribution in [-0.2, 0) is 28.7 Å². The highest BCUT2D eigenvalue weighted by Gasteiger charge is 2.32. The summed E-state index contributed by atoms with van der Waals surface area (Å²) in [6.07, 6.45) is -0.0863. The molecule has 1 fully saturated rings. The highest BCUT2D eigenvalue weighted by atomic mass is 19.4. The van der Waals surface area contributed by atoms with Gasteiger partial charge in [-0.25, -0.2) is 4.98 Å². The summed E-state index contributed by atoms with van der Waals surface area (Å²) in [7, 11) is 0. The third kappa shape index (κ3) is 5.36. The molecule has 6 rings (SSSR count). The summed E-state index contributed by atoms with van der Waals surface area (Å²) in [5.41, 5.74) is 9.01. The molecule has 0 aliphatic heterocycles. The number of anilines is 1. The largest absolute Gasteiger partial charge is 0.487 e. The van der Waals surface area contributed by atoms with Crippen LogP contribution in [0, 0.1) is 0 Å². The molecule has 1 aliphatic rings. The van der Waals surface area contributed by atoms with Crippen molar-refractivity contribution in [3.05, 3.63) is 83.7 Å². The monoisotopic (exact) mass is 574 g/mol. The van der Waals surface area contributed by atoms with Gasteiger partial charge in [-0.1, -0.05) is 24.3 Å². The Kier molecular flexibility index (Phi) is 7.22. The zero-order chi connectivity index (χ0) is 29.4. The summed E-state index contributed by atoms with van der Waals surface area (Å²) >= 11 is 0. The second-order valence-electron chi connectivity index (χ2n) is 10.4. The SMILES string of the molecule is CCOC(=O)Cc1ccc(C(F)(F)F)cc1OCc1c2cc(-c3ccc4ccnc(N)c4c3)ccc2nn1C1CCC1. The molecule has 216 valence electrons. The van der Waals surface area contributed by atoms with Gasteiger partial charge in [0.05, 0.1) is 35.8 Å². The summed E-state index contributed by atoms with van der Waals surface area (Å²) in [4.78, 5) is 16.4. The molecule has 2 N–H and O–H groups in total. The summed E-state index contributed by atoms with van der Waals surface area (Å²) < 4.78 is 53.8. The number of carbonyl (C=O) groups excluding carboxylic acids is 1. The van der Waals surface area contributed by atoms with Crippen LogP contribution < -0.4 is 10.5 Å². The first-order valence-electron chi connectivity index (χ1n) is 13.9. The van der Waals surface area contributed by atoms with Crippen molar-refractivity contribution in [3.8, 4) is 16.9 Å². The van der Waals surface area contributed by atoms with Gasteiger partial charge >= 0.3 is 12.1 Å². The Balaban J connectivity index is 1.39. The van der Waals surface area contributed by atoms with E-state index in [-0.39, 0.29) is 31.4 Å². The molecule has 0 radical (unpaired) electrons. The fraction of sp³-hybridized carbons (Fsp3) is 0.281. The van der Waals surface area contributed by atoms with E-state index in [9.17, 15) is 18.0 Å². The van der Waals surface area contributed by atoms with E-state index >= 15 is 0 Å². The lowest BCUT2D eigenvalue weighted by molar-refractivity contribution is -0.142. The van der Waals surface area contributed by atoms with Gasteiger partial charge in [-0.3, -0.25) is 9.48 Å². The molecule has 10 heteroatoms.